The van der Waals surface area contributed by atoms with Crippen molar-refractivity contribution in [1.82, 2.24) is 19.1 Å². The number of nitrogens with zero attached hydrogens (tertiary/aromatic N) is 4. The molecule has 5 heteroatoms. The largest absolute Gasteiger partial charge is 0.309 e. The van der Waals surface area contributed by atoms with Gasteiger partial charge in [-0.2, -0.15) is 0 Å². The van der Waals surface area contributed by atoms with E-state index in [2.05, 4.69) is 191 Å². The average molecular weight is 745 g/mol. The van der Waals surface area contributed by atoms with Crippen LogP contribution in [0.2, 0.25) is 0 Å². The van der Waals surface area contributed by atoms with Crippen LogP contribution in [0.25, 0.3) is 109 Å². The Morgan fingerprint density at radius 2 is 0.895 bits per heavy atom. The third-order valence-electron chi connectivity index (χ3n) is 11.3. The molecule has 266 valence electrons. The van der Waals surface area contributed by atoms with Crippen molar-refractivity contribution in [3.05, 3.63) is 194 Å². The molecule has 0 bridgehead atoms. The van der Waals surface area contributed by atoms with Gasteiger partial charge in [0.25, 0.3) is 0 Å². The number of para-hydroxylation sites is 2. The number of thiophene rings is 1. The molecular weight excluding hydrogens is 713 g/mol. The molecule has 0 saturated carbocycles. The molecule has 57 heavy (non-hydrogen) atoms. The smallest absolute Gasteiger partial charge is 0.165 e. The second kappa shape index (κ2) is 12.6. The number of fused-ring (bicyclic) bond motifs is 10. The predicted molar refractivity (Wildman–Crippen MR) is 240 cm³/mol. The molecule has 0 atom stereocenters. The summed E-state index contributed by atoms with van der Waals surface area (Å²) in [7, 11) is 0. The highest BCUT2D eigenvalue weighted by molar-refractivity contribution is 7.26. The van der Waals surface area contributed by atoms with Crippen molar-refractivity contribution in [2.75, 3.05) is 0 Å². The first-order valence-electron chi connectivity index (χ1n) is 19.3. The first-order valence-corrected chi connectivity index (χ1v) is 20.1. The van der Waals surface area contributed by atoms with Gasteiger partial charge in [-0.05, 0) is 71.8 Å². The van der Waals surface area contributed by atoms with Gasteiger partial charge in [0.05, 0.1) is 27.9 Å². The zero-order valence-electron chi connectivity index (χ0n) is 30.7. The third kappa shape index (κ3) is 4.93. The van der Waals surface area contributed by atoms with Crippen molar-refractivity contribution < 1.29 is 0 Å². The van der Waals surface area contributed by atoms with Gasteiger partial charge in [0.1, 0.15) is 5.52 Å². The Balaban J connectivity index is 1.14. The fourth-order valence-corrected chi connectivity index (χ4v) is 9.99. The lowest BCUT2D eigenvalue weighted by Crippen LogP contribution is -1.99. The molecule has 0 amide bonds. The Morgan fingerprint density at radius 1 is 0.368 bits per heavy atom. The second-order valence-corrected chi connectivity index (χ2v) is 15.6. The van der Waals surface area contributed by atoms with Crippen molar-refractivity contribution in [2.45, 2.75) is 0 Å². The summed E-state index contributed by atoms with van der Waals surface area (Å²) < 4.78 is 7.31. The fourth-order valence-electron chi connectivity index (χ4n) is 8.73. The van der Waals surface area contributed by atoms with Gasteiger partial charge in [0.15, 0.2) is 5.65 Å². The van der Waals surface area contributed by atoms with Crippen molar-refractivity contribution in [2.24, 2.45) is 0 Å². The number of benzene rings is 8. The number of aromatic nitrogens is 4. The number of hydrogen-bond acceptors (Lipinski definition) is 3. The molecule has 0 unspecified atom stereocenters. The van der Waals surface area contributed by atoms with Crippen LogP contribution in [0, 0.1) is 0 Å². The molecule has 4 heterocycles. The molecule has 12 aromatic rings. The van der Waals surface area contributed by atoms with Crippen molar-refractivity contribution in [3.63, 3.8) is 0 Å². The quantitative estimate of drug-likeness (QED) is 0.176. The normalized spacial score (nSPS) is 11.9. The summed E-state index contributed by atoms with van der Waals surface area (Å²) in [4.78, 5) is 11.0. The van der Waals surface area contributed by atoms with Gasteiger partial charge in [-0.3, -0.25) is 4.57 Å². The lowest BCUT2D eigenvalue weighted by molar-refractivity contribution is 1.13. The highest BCUT2D eigenvalue weighted by Crippen LogP contribution is 2.45. The highest BCUT2D eigenvalue weighted by atomic mass is 32.1. The second-order valence-electron chi connectivity index (χ2n) is 14.6. The molecule has 0 N–H and O–H groups in total. The molecule has 0 spiro atoms. The number of rotatable bonds is 5. The van der Waals surface area contributed by atoms with E-state index in [9.17, 15) is 0 Å². The van der Waals surface area contributed by atoms with Crippen LogP contribution in [0.3, 0.4) is 0 Å². The van der Waals surface area contributed by atoms with E-state index >= 15 is 0 Å². The predicted octanol–water partition coefficient (Wildman–Crippen LogP) is 14.0. The summed E-state index contributed by atoms with van der Waals surface area (Å²) in [5.74, 6) is 0. The Kier molecular flexibility index (Phi) is 7.06. The maximum atomic E-state index is 5.53. The molecule has 12 rings (SSSR count). The maximum Gasteiger partial charge on any atom is 0.165 e. The van der Waals surface area contributed by atoms with Gasteiger partial charge < -0.3 is 4.57 Å². The van der Waals surface area contributed by atoms with Crippen LogP contribution in [0.5, 0.6) is 0 Å². The first kappa shape index (κ1) is 32.0. The molecular formula is C52H32N4S. The molecule has 4 aromatic heterocycles. The molecule has 0 radical (unpaired) electrons. The Labute approximate surface area is 332 Å². The lowest BCUT2D eigenvalue weighted by atomic mass is 10.0. The molecule has 0 aliphatic rings. The minimum Gasteiger partial charge on any atom is -0.309 e. The van der Waals surface area contributed by atoms with E-state index in [0.29, 0.717) is 0 Å². The van der Waals surface area contributed by atoms with Gasteiger partial charge in [0.2, 0.25) is 0 Å². The molecule has 0 aliphatic carbocycles. The summed E-state index contributed by atoms with van der Waals surface area (Å²) in [5.41, 5.74) is 13.5. The van der Waals surface area contributed by atoms with E-state index in [1.807, 2.05) is 23.5 Å². The minimum atomic E-state index is 0.834. The zero-order valence-corrected chi connectivity index (χ0v) is 31.5. The topological polar surface area (TPSA) is 35.6 Å². The molecule has 0 fully saturated rings. The minimum absolute atomic E-state index is 0.834. The van der Waals surface area contributed by atoms with E-state index in [4.69, 9.17) is 9.97 Å². The Bertz CT molecular complexity index is 3490. The lowest BCUT2D eigenvalue weighted by Gasteiger charge is -2.11. The van der Waals surface area contributed by atoms with Gasteiger partial charge >= 0.3 is 0 Å². The van der Waals surface area contributed by atoms with E-state index in [0.717, 1.165) is 67.1 Å². The summed E-state index contributed by atoms with van der Waals surface area (Å²) in [6, 6.07) is 69.2. The fraction of sp³-hybridized carbons (Fsp3) is 0. The Hall–Kier alpha value is -7.34. The van der Waals surface area contributed by atoms with Gasteiger partial charge in [-0.15, -0.1) is 11.3 Å². The van der Waals surface area contributed by atoms with E-state index < -0.39 is 0 Å². The van der Waals surface area contributed by atoms with Crippen LogP contribution in [0.4, 0.5) is 0 Å². The summed E-state index contributed by atoms with van der Waals surface area (Å²) in [6.07, 6.45) is 0. The van der Waals surface area contributed by atoms with Gasteiger partial charge in [-0.25, -0.2) is 9.97 Å². The van der Waals surface area contributed by atoms with E-state index in [1.54, 1.807) is 0 Å². The van der Waals surface area contributed by atoms with Gasteiger partial charge in [0, 0.05) is 58.8 Å². The summed E-state index contributed by atoms with van der Waals surface area (Å²) in [6.45, 7) is 0. The van der Waals surface area contributed by atoms with Crippen LogP contribution in [-0.4, -0.2) is 19.1 Å². The van der Waals surface area contributed by atoms with Crippen molar-refractivity contribution in [3.8, 4) is 45.0 Å². The van der Waals surface area contributed by atoms with Crippen LogP contribution in [-0.2, 0) is 0 Å². The molecule has 4 nitrogen and oxygen atoms in total. The van der Waals surface area contributed by atoms with Gasteiger partial charge in [-0.1, -0.05) is 133 Å². The van der Waals surface area contributed by atoms with Crippen LogP contribution in [0.15, 0.2) is 194 Å². The van der Waals surface area contributed by atoms with E-state index in [1.165, 1.54) is 42.0 Å². The third-order valence-corrected chi connectivity index (χ3v) is 12.5. The van der Waals surface area contributed by atoms with Crippen molar-refractivity contribution in [1.29, 1.82) is 0 Å². The van der Waals surface area contributed by atoms with Crippen molar-refractivity contribution >= 4 is 75.4 Å². The summed E-state index contributed by atoms with van der Waals surface area (Å²) >= 11 is 1.89. The monoisotopic (exact) mass is 744 g/mol. The van der Waals surface area contributed by atoms with Crippen LogP contribution >= 0.6 is 11.3 Å². The highest BCUT2D eigenvalue weighted by Gasteiger charge is 2.22. The summed E-state index contributed by atoms with van der Waals surface area (Å²) in [5, 5.41) is 6.22. The maximum absolute atomic E-state index is 5.53. The van der Waals surface area contributed by atoms with Crippen LogP contribution < -0.4 is 0 Å². The molecule has 0 saturated heterocycles. The zero-order chi connectivity index (χ0) is 37.5. The number of hydrogen-bond donors (Lipinski definition) is 0. The molecule has 0 aliphatic heterocycles. The Morgan fingerprint density at radius 3 is 1.56 bits per heavy atom. The van der Waals surface area contributed by atoms with E-state index in [-0.39, 0.29) is 0 Å². The standard InChI is InChI=1S/C52H32N4S/c1-5-15-33(16-6-1)48-49(34-17-7-2-8-18-34)54-52-50(53-48)42-32-36(26-29-44(42)56(52)38-21-11-4-12-22-38)35-25-28-43-41(31-35)47-45(55(43)37-19-9-3-10-20-37)30-27-40-39-23-13-14-24-46(39)57-51(40)47/h1-32H. The van der Waals surface area contributed by atoms with Crippen LogP contribution in [0.1, 0.15) is 0 Å². The first-order chi connectivity index (χ1) is 28.3. The molecule has 8 aromatic carbocycles. The SMILES string of the molecule is c1ccc(-c2nc3c4cc(-c5ccc6c(c5)c5c7sc8ccccc8c7ccc5n6-c5ccccc5)ccc4n(-c4ccccc4)c3nc2-c2ccccc2)cc1. The average Bonchev–Trinajstić information content (AvgIpc) is 3.94.